The number of nitrogens with one attached hydrogen (secondary N) is 1. The fraction of sp³-hybridized carbons (Fsp3) is 0.579. The van der Waals surface area contributed by atoms with Crippen molar-refractivity contribution in [2.75, 3.05) is 26.7 Å². The number of ether oxygens (including phenoxy) is 1. The molecular weight excluding hydrogens is 439 g/mol. The Morgan fingerprint density at radius 3 is 2.34 bits per heavy atom. The monoisotopic (exact) mass is 464 g/mol. The zero-order valence-electron chi connectivity index (χ0n) is 16.3. The van der Waals surface area contributed by atoms with E-state index in [9.17, 15) is 18.0 Å². The molecule has 0 aromatic heterocycles. The minimum Gasteiger partial charge on any atom is -0.469 e. The summed E-state index contributed by atoms with van der Waals surface area (Å²) in [4.78, 5) is 23.3. The summed E-state index contributed by atoms with van der Waals surface area (Å²) in [7, 11) is -2.45. The summed E-state index contributed by atoms with van der Waals surface area (Å²) < 4.78 is 31.7. The van der Waals surface area contributed by atoms with E-state index in [1.165, 1.54) is 23.5 Å². The molecule has 1 N–H and O–H groups in total. The molecule has 0 aliphatic carbocycles. The van der Waals surface area contributed by atoms with Crippen LogP contribution in [0.1, 0.15) is 38.5 Å². The number of piperidine rings is 1. The van der Waals surface area contributed by atoms with Crippen molar-refractivity contribution in [1.82, 2.24) is 9.62 Å². The number of carbonyl (C=O) groups is 2. The lowest BCUT2D eigenvalue weighted by Crippen LogP contribution is -2.43. The summed E-state index contributed by atoms with van der Waals surface area (Å²) in [6, 6.07) is 4.58. The molecule has 1 fully saturated rings. The minimum atomic E-state index is -3.81. The number of nitrogens with zero attached hydrogens (tertiary/aromatic N) is 1. The Bertz CT molecular complexity index is 804. The van der Waals surface area contributed by atoms with Crippen LogP contribution in [0.3, 0.4) is 0 Å². The molecule has 0 saturated carbocycles. The fourth-order valence-corrected chi connectivity index (χ4v) is 5.81. The number of rotatable bonds is 9. The first-order chi connectivity index (χ1) is 13.8. The average molecular weight is 465 g/mol. The molecule has 0 spiro atoms. The largest absolute Gasteiger partial charge is 0.469 e. The van der Waals surface area contributed by atoms with Crippen molar-refractivity contribution in [3.63, 3.8) is 0 Å². The number of halogens is 2. The molecule has 0 bridgehead atoms. The van der Waals surface area contributed by atoms with E-state index in [2.05, 4.69) is 10.1 Å². The molecule has 1 aromatic rings. The van der Waals surface area contributed by atoms with Crippen LogP contribution in [0.25, 0.3) is 0 Å². The molecule has 7 nitrogen and oxygen atoms in total. The van der Waals surface area contributed by atoms with Crippen LogP contribution in [-0.2, 0) is 24.3 Å². The van der Waals surface area contributed by atoms with Crippen molar-refractivity contribution in [2.24, 2.45) is 5.92 Å². The molecule has 1 aliphatic heterocycles. The molecule has 1 saturated heterocycles. The highest BCUT2D eigenvalue weighted by Crippen LogP contribution is 2.33. The first-order valence-electron chi connectivity index (χ1n) is 9.56. The summed E-state index contributed by atoms with van der Waals surface area (Å²) in [5, 5.41) is 3.07. The van der Waals surface area contributed by atoms with Crippen LogP contribution < -0.4 is 5.32 Å². The van der Waals surface area contributed by atoms with E-state index in [1.54, 1.807) is 6.07 Å². The summed E-state index contributed by atoms with van der Waals surface area (Å²) >= 11 is 12.1. The molecule has 1 aromatic carbocycles. The standard InChI is InChI=1S/C19H26Cl2N2O5S/c1-28-17(24)8-3-2-4-11-22-19(25)14-9-12-23(13-10-14)29(26,27)18-15(20)6-5-7-16(18)21/h5-7,14H,2-4,8-13H2,1H3,(H,22,25). The van der Waals surface area contributed by atoms with Gasteiger partial charge in [-0.1, -0.05) is 35.7 Å². The fourth-order valence-electron chi connectivity index (χ4n) is 3.25. The Hall–Kier alpha value is -1.35. The van der Waals surface area contributed by atoms with Gasteiger partial charge in [-0.15, -0.1) is 0 Å². The normalized spacial score (nSPS) is 15.8. The van der Waals surface area contributed by atoms with Crippen LogP contribution in [-0.4, -0.2) is 51.3 Å². The summed E-state index contributed by atoms with van der Waals surface area (Å²) in [6.45, 7) is 1.01. The zero-order chi connectivity index (χ0) is 21.4. The summed E-state index contributed by atoms with van der Waals surface area (Å²) in [5.41, 5.74) is 0. The van der Waals surface area contributed by atoms with Gasteiger partial charge >= 0.3 is 5.97 Å². The van der Waals surface area contributed by atoms with Crippen molar-refractivity contribution >= 4 is 45.1 Å². The lowest BCUT2D eigenvalue weighted by Gasteiger charge is -2.31. The maximum absolute atomic E-state index is 12.9. The van der Waals surface area contributed by atoms with Gasteiger partial charge in [-0.05, 0) is 37.8 Å². The van der Waals surface area contributed by atoms with Crippen LogP contribution in [0.2, 0.25) is 10.0 Å². The van der Waals surface area contributed by atoms with Gasteiger partial charge in [-0.3, -0.25) is 9.59 Å². The van der Waals surface area contributed by atoms with Crippen LogP contribution in [0.5, 0.6) is 0 Å². The molecule has 1 heterocycles. The van der Waals surface area contributed by atoms with E-state index in [0.29, 0.717) is 25.8 Å². The van der Waals surface area contributed by atoms with E-state index in [0.717, 1.165) is 19.3 Å². The van der Waals surface area contributed by atoms with Gasteiger partial charge in [0.25, 0.3) is 0 Å². The Labute approximate surface area is 181 Å². The van der Waals surface area contributed by atoms with Gasteiger partial charge in [0.1, 0.15) is 4.90 Å². The van der Waals surface area contributed by atoms with Gasteiger partial charge in [0.2, 0.25) is 15.9 Å². The molecule has 10 heteroatoms. The zero-order valence-corrected chi connectivity index (χ0v) is 18.7. The molecule has 0 unspecified atom stereocenters. The Morgan fingerprint density at radius 2 is 1.76 bits per heavy atom. The van der Waals surface area contributed by atoms with Crippen molar-refractivity contribution in [2.45, 2.75) is 43.4 Å². The maximum atomic E-state index is 12.9. The molecule has 2 rings (SSSR count). The quantitative estimate of drug-likeness (QED) is 0.447. The van der Waals surface area contributed by atoms with E-state index >= 15 is 0 Å². The number of hydrogen-bond acceptors (Lipinski definition) is 5. The molecule has 1 aliphatic rings. The highest BCUT2D eigenvalue weighted by Gasteiger charge is 2.34. The predicted octanol–water partition coefficient (Wildman–Crippen LogP) is 3.24. The van der Waals surface area contributed by atoms with Gasteiger partial charge in [-0.25, -0.2) is 8.42 Å². The van der Waals surface area contributed by atoms with Crippen molar-refractivity contribution in [3.05, 3.63) is 28.2 Å². The summed E-state index contributed by atoms with van der Waals surface area (Å²) in [5.74, 6) is -0.516. The highest BCUT2D eigenvalue weighted by molar-refractivity contribution is 7.89. The van der Waals surface area contributed by atoms with Crippen LogP contribution in [0.4, 0.5) is 0 Å². The highest BCUT2D eigenvalue weighted by atomic mass is 35.5. The van der Waals surface area contributed by atoms with E-state index in [1.807, 2.05) is 0 Å². The third kappa shape index (κ3) is 6.57. The number of hydrogen-bond donors (Lipinski definition) is 1. The number of carbonyl (C=O) groups excluding carboxylic acids is 2. The van der Waals surface area contributed by atoms with Gasteiger partial charge in [-0.2, -0.15) is 4.31 Å². The van der Waals surface area contributed by atoms with E-state index in [4.69, 9.17) is 23.2 Å². The third-order valence-electron chi connectivity index (χ3n) is 4.93. The smallest absolute Gasteiger partial charge is 0.305 e. The van der Waals surface area contributed by atoms with Gasteiger partial charge in [0, 0.05) is 32.0 Å². The molecule has 29 heavy (non-hydrogen) atoms. The van der Waals surface area contributed by atoms with Crippen molar-refractivity contribution in [3.8, 4) is 0 Å². The predicted molar refractivity (Wildman–Crippen MR) is 111 cm³/mol. The second-order valence-corrected chi connectivity index (χ2v) is 9.60. The number of esters is 1. The van der Waals surface area contributed by atoms with Crippen LogP contribution in [0.15, 0.2) is 23.1 Å². The number of methoxy groups -OCH3 is 1. The van der Waals surface area contributed by atoms with Gasteiger partial charge in [0.15, 0.2) is 0 Å². The molecule has 162 valence electrons. The van der Waals surface area contributed by atoms with E-state index < -0.39 is 10.0 Å². The summed E-state index contributed by atoms with van der Waals surface area (Å²) in [6.07, 6.45) is 3.59. The number of unbranched alkanes of at least 4 members (excludes halogenated alkanes) is 2. The molecule has 0 atom stereocenters. The Balaban J connectivity index is 1.78. The third-order valence-corrected chi connectivity index (χ3v) is 7.78. The lowest BCUT2D eigenvalue weighted by molar-refractivity contribution is -0.140. The topological polar surface area (TPSA) is 92.8 Å². The SMILES string of the molecule is COC(=O)CCCCCNC(=O)C1CCN(S(=O)(=O)c2c(Cl)cccc2Cl)CC1. The second kappa shape index (κ2) is 11.2. The van der Waals surface area contributed by atoms with Crippen LogP contribution >= 0.6 is 23.2 Å². The maximum Gasteiger partial charge on any atom is 0.305 e. The number of sulfonamides is 1. The number of amides is 1. The first-order valence-corrected chi connectivity index (χ1v) is 11.8. The minimum absolute atomic E-state index is 0.0641. The van der Waals surface area contributed by atoms with Gasteiger partial charge < -0.3 is 10.1 Å². The van der Waals surface area contributed by atoms with Crippen molar-refractivity contribution in [1.29, 1.82) is 0 Å². The number of benzene rings is 1. The molecular formula is C19H26Cl2N2O5S. The van der Waals surface area contributed by atoms with Crippen molar-refractivity contribution < 1.29 is 22.7 Å². The lowest BCUT2D eigenvalue weighted by atomic mass is 9.97. The Kier molecular flexibility index (Phi) is 9.20. The van der Waals surface area contributed by atoms with Gasteiger partial charge in [0.05, 0.1) is 17.2 Å². The molecule has 1 amide bonds. The first kappa shape index (κ1) is 23.9. The Morgan fingerprint density at radius 1 is 1.14 bits per heavy atom. The van der Waals surface area contributed by atoms with E-state index in [-0.39, 0.29) is 45.8 Å². The second-order valence-electron chi connectivity index (χ2n) is 6.91. The average Bonchev–Trinajstić information content (AvgIpc) is 2.70. The molecule has 0 radical (unpaired) electrons. The van der Waals surface area contributed by atoms with Crippen LogP contribution in [0, 0.1) is 5.92 Å².